The lowest BCUT2D eigenvalue weighted by molar-refractivity contribution is -0.126. The van der Waals surface area contributed by atoms with Crippen LogP contribution in [0.15, 0.2) is 59.5 Å². The van der Waals surface area contributed by atoms with Gasteiger partial charge in [0.2, 0.25) is 15.9 Å². The van der Waals surface area contributed by atoms with E-state index in [9.17, 15) is 13.2 Å². The second-order valence-corrected chi connectivity index (χ2v) is 10.2. The highest BCUT2D eigenvalue weighted by molar-refractivity contribution is 7.89. The van der Waals surface area contributed by atoms with Crippen LogP contribution in [0.4, 0.5) is 0 Å². The maximum absolute atomic E-state index is 12.9. The smallest absolute Gasteiger partial charge is 0.243 e. The number of sulfonamides is 1. The summed E-state index contributed by atoms with van der Waals surface area (Å²) in [6.07, 6.45) is 3.27. The molecule has 0 unspecified atom stereocenters. The van der Waals surface area contributed by atoms with Gasteiger partial charge in [0.15, 0.2) is 0 Å². The second-order valence-electron chi connectivity index (χ2n) is 8.22. The van der Waals surface area contributed by atoms with E-state index >= 15 is 0 Å². The highest BCUT2D eigenvalue weighted by Crippen LogP contribution is 2.47. The molecule has 1 heterocycles. The number of carbonyl (C=O) groups is 1. The molecule has 1 aliphatic carbocycles. The number of ether oxygens (including phenoxy) is 1. The van der Waals surface area contributed by atoms with Gasteiger partial charge in [-0.1, -0.05) is 30.3 Å². The Kier molecular flexibility index (Phi) is 5.84. The third-order valence-corrected chi connectivity index (χ3v) is 8.28. The van der Waals surface area contributed by atoms with Crippen molar-refractivity contribution in [2.75, 3.05) is 26.7 Å². The fourth-order valence-corrected chi connectivity index (χ4v) is 5.64. The molecule has 0 atom stereocenters. The van der Waals surface area contributed by atoms with Crippen LogP contribution in [0, 0.1) is 5.92 Å². The predicted octanol–water partition coefficient (Wildman–Crippen LogP) is 2.94. The summed E-state index contributed by atoms with van der Waals surface area (Å²) in [5.41, 5.74) is 1.36. The molecule has 1 saturated carbocycles. The van der Waals surface area contributed by atoms with Gasteiger partial charge in [-0.3, -0.25) is 4.79 Å². The van der Waals surface area contributed by atoms with Crippen molar-refractivity contribution in [3.63, 3.8) is 0 Å². The van der Waals surface area contributed by atoms with Gasteiger partial charge in [0.1, 0.15) is 5.75 Å². The van der Waals surface area contributed by atoms with Crippen LogP contribution in [-0.2, 0) is 20.2 Å². The average molecular weight is 429 g/mol. The van der Waals surface area contributed by atoms with E-state index in [2.05, 4.69) is 17.4 Å². The standard InChI is InChI=1S/C23H28N2O4S/c1-29-20-7-9-21(10-8-20)30(27,28)25-15-11-18(12-16-25)22(26)24-17-23(13-14-23)19-5-3-2-4-6-19/h2-10,18H,11-17H2,1H3,(H,24,26). The number of benzene rings is 2. The zero-order valence-electron chi connectivity index (χ0n) is 17.2. The molecule has 0 radical (unpaired) electrons. The topological polar surface area (TPSA) is 75.7 Å². The van der Waals surface area contributed by atoms with Gasteiger partial charge >= 0.3 is 0 Å². The van der Waals surface area contributed by atoms with Crippen LogP contribution in [0.3, 0.4) is 0 Å². The molecule has 0 spiro atoms. The van der Waals surface area contributed by atoms with Crippen LogP contribution < -0.4 is 10.1 Å². The molecule has 1 aliphatic heterocycles. The van der Waals surface area contributed by atoms with E-state index in [1.54, 1.807) is 31.4 Å². The summed E-state index contributed by atoms with van der Waals surface area (Å²) in [6.45, 7) is 1.37. The number of piperidine rings is 1. The highest BCUT2D eigenvalue weighted by Gasteiger charge is 2.44. The van der Waals surface area contributed by atoms with Gasteiger partial charge in [0.25, 0.3) is 0 Å². The third-order valence-electron chi connectivity index (χ3n) is 6.36. The molecule has 2 fully saturated rings. The number of rotatable bonds is 7. The molecule has 7 heteroatoms. The summed E-state index contributed by atoms with van der Waals surface area (Å²) in [4.78, 5) is 13.0. The summed E-state index contributed by atoms with van der Waals surface area (Å²) in [5.74, 6) is 0.519. The number of methoxy groups -OCH3 is 1. The zero-order valence-corrected chi connectivity index (χ0v) is 18.0. The molecule has 1 N–H and O–H groups in total. The molecular weight excluding hydrogens is 400 g/mol. The molecule has 2 aromatic rings. The molecule has 6 nitrogen and oxygen atoms in total. The van der Waals surface area contributed by atoms with Crippen molar-refractivity contribution >= 4 is 15.9 Å². The van der Waals surface area contributed by atoms with Gasteiger partial charge in [-0.05, 0) is 55.5 Å². The van der Waals surface area contributed by atoms with Crippen LogP contribution in [0.5, 0.6) is 5.75 Å². The Morgan fingerprint density at radius 3 is 2.27 bits per heavy atom. The Hall–Kier alpha value is -2.38. The van der Waals surface area contributed by atoms with Crippen molar-refractivity contribution in [1.29, 1.82) is 0 Å². The van der Waals surface area contributed by atoms with Crippen molar-refractivity contribution in [2.24, 2.45) is 5.92 Å². The minimum absolute atomic E-state index is 0.0405. The minimum Gasteiger partial charge on any atom is -0.497 e. The molecule has 30 heavy (non-hydrogen) atoms. The monoisotopic (exact) mass is 428 g/mol. The Morgan fingerprint density at radius 2 is 1.70 bits per heavy atom. The van der Waals surface area contributed by atoms with Crippen molar-refractivity contribution in [3.05, 3.63) is 60.2 Å². The number of nitrogens with one attached hydrogen (secondary N) is 1. The Morgan fingerprint density at radius 1 is 1.07 bits per heavy atom. The van der Waals surface area contributed by atoms with E-state index in [0.717, 1.165) is 12.8 Å². The Labute approximate surface area is 178 Å². The van der Waals surface area contributed by atoms with Crippen molar-refractivity contribution in [2.45, 2.75) is 36.0 Å². The van der Waals surface area contributed by atoms with E-state index < -0.39 is 10.0 Å². The molecule has 0 aromatic heterocycles. The summed E-state index contributed by atoms with van der Waals surface area (Å²) >= 11 is 0. The Balaban J connectivity index is 1.31. The first-order valence-electron chi connectivity index (χ1n) is 10.4. The number of hydrogen-bond donors (Lipinski definition) is 1. The first kappa shape index (κ1) is 20.9. The molecule has 1 amide bonds. The minimum atomic E-state index is -3.55. The number of amides is 1. The van der Waals surface area contributed by atoms with Crippen molar-refractivity contribution < 1.29 is 17.9 Å². The molecule has 160 valence electrons. The molecule has 2 aliphatic rings. The van der Waals surface area contributed by atoms with Crippen LogP contribution in [-0.4, -0.2) is 45.4 Å². The van der Waals surface area contributed by atoms with Crippen molar-refractivity contribution in [3.8, 4) is 5.75 Å². The highest BCUT2D eigenvalue weighted by atomic mass is 32.2. The van der Waals surface area contributed by atoms with E-state index in [1.807, 2.05) is 18.2 Å². The lowest BCUT2D eigenvalue weighted by Crippen LogP contribution is -2.44. The normalized spacial score (nSPS) is 19.2. The zero-order chi connectivity index (χ0) is 21.2. The van der Waals surface area contributed by atoms with Gasteiger partial charge < -0.3 is 10.1 Å². The molecule has 0 bridgehead atoms. The van der Waals surface area contributed by atoms with Crippen molar-refractivity contribution in [1.82, 2.24) is 9.62 Å². The van der Waals surface area contributed by atoms with Gasteiger partial charge in [-0.25, -0.2) is 8.42 Å². The molecular formula is C23H28N2O4S. The van der Waals surface area contributed by atoms with Crippen LogP contribution in [0.25, 0.3) is 0 Å². The van der Waals surface area contributed by atoms with E-state index in [1.165, 1.54) is 9.87 Å². The third kappa shape index (κ3) is 4.23. The summed E-state index contributed by atoms with van der Waals surface area (Å²) < 4.78 is 32.3. The quantitative estimate of drug-likeness (QED) is 0.736. The van der Waals surface area contributed by atoms with Gasteiger partial charge in [0.05, 0.1) is 12.0 Å². The first-order chi connectivity index (χ1) is 14.4. The molecule has 4 rings (SSSR count). The lowest BCUT2D eigenvalue weighted by atomic mass is 9.94. The largest absolute Gasteiger partial charge is 0.497 e. The first-order valence-corrected chi connectivity index (χ1v) is 11.9. The summed E-state index contributed by atoms with van der Waals surface area (Å²) in [6, 6.07) is 16.7. The molecule has 2 aromatic carbocycles. The van der Waals surface area contributed by atoms with Gasteiger partial charge in [-0.2, -0.15) is 4.31 Å². The average Bonchev–Trinajstić information content (AvgIpc) is 3.59. The summed E-state index contributed by atoms with van der Waals surface area (Å²) in [7, 11) is -2.01. The van der Waals surface area contributed by atoms with Crippen LogP contribution in [0.2, 0.25) is 0 Å². The van der Waals surface area contributed by atoms with Crippen LogP contribution >= 0.6 is 0 Å². The maximum Gasteiger partial charge on any atom is 0.243 e. The van der Waals surface area contributed by atoms with E-state index in [0.29, 0.717) is 38.2 Å². The van der Waals surface area contributed by atoms with E-state index in [4.69, 9.17) is 4.74 Å². The fraction of sp³-hybridized carbons (Fsp3) is 0.435. The summed E-state index contributed by atoms with van der Waals surface area (Å²) in [5, 5.41) is 3.13. The lowest BCUT2D eigenvalue weighted by Gasteiger charge is -2.31. The SMILES string of the molecule is COc1ccc(S(=O)(=O)N2CCC(C(=O)NCC3(c4ccccc4)CC3)CC2)cc1. The van der Waals surface area contributed by atoms with Gasteiger partial charge in [0, 0.05) is 31.0 Å². The fourth-order valence-electron chi connectivity index (χ4n) is 4.17. The number of hydrogen-bond acceptors (Lipinski definition) is 4. The van der Waals surface area contributed by atoms with E-state index in [-0.39, 0.29) is 22.1 Å². The van der Waals surface area contributed by atoms with Crippen LogP contribution in [0.1, 0.15) is 31.2 Å². The predicted molar refractivity (Wildman–Crippen MR) is 115 cm³/mol. The molecule has 1 saturated heterocycles. The maximum atomic E-state index is 12.9. The number of carbonyl (C=O) groups excluding carboxylic acids is 1. The number of nitrogens with zero attached hydrogens (tertiary/aromatic N) is 1. The van der Waals surface area contributed by atoms with Gasteiger partial charge in [-0.15, -0.1) is 0 Å². The Bertz CT molecular complexity index is 978. The second kappa shape index (κ2) is 8.40.